The lowest BCUT2D eigenvalue weighted by atomic mass is 9.90. The number of nitrogens with two attached hydrogens (primary N) is 1. The molecule has 0 aromatic carbocycles. The Morgan fingerprint density at radius 2 is 2.25 bits per heavy atom. The zero-order valence-electron chi connectivity index (χ0n) is 12.2. The van der Waals surface area contributed by atoms with Crippen LogP contribution in [0, 0.1) is 5.92 Å². The van der Waals surface area contributed by atoms with Gasteiger partial charge >= 0.3 is 0 Å². The SMILES string of the molecule is CC1CCc2sc(C(=O)NC3(CN)CCCC3)cc2C1. The predicted octanol–water partition coefficient (Wildman–Crippen LogP) is 2.87. The fraction of sp³-hybridized carbons (Fsp3) is 0.688. The number of hydrogen-bond donors (Lipinski definition) is 2. The van der Waals surface area contributed by atoms with Crippen LogP contribution in [0.1, 0.15) is 59.1 Å². The number of thiophene rings is 1. The van der Waals surface area contributed by atoms with Gasteiger partial charge < -0.3 is 11.1 Å². The smallest absolute Gasteiger partial charge is 0.261 e. The standard InChI is InChI=1S/C16H24N2OS/c1-11-4-5-13-12(8-11)9-14(20-13)15(19)18-16(10-17)6-2-3-7-16/h9,11H,2-8,10,17H2,1H3,(H,18,19). The number of hydrogen-bond acceptors (Lipinski definition) is 3. The molecule has 3 nitrogen and oxygen atoms in total. The van der Waals surface area contributed by atoms with Crippen LogP contribution >= 0.6 is 11.3 Å². The van der Waals surface area contributed by atoms with E-state index in [9.17, 15) is 4.79 Å². The highest BCUT2D eigenvalue weighted by molar-refractivity contribution is 7.14. The highest BCUT2D eigenvalue weighted by Gasteiger charge is 2.34. The summed E-state index contributed by atoms with van der Waals surface area (Å²) < 4.78 is 0. The summed E-state index contributed by atoms with van der Waals surface area (Å²) in [6, 6.07) is 2.12. The molecular formula is C16H24N2OS. The van der Waals surface area contributed by atoms with E-state index in [1.165, 1.54) is 29.7 Å². The normalized spacial score (nSPS) is 24.4. The maximum absolute atomic E-state index is 12.5. The number of aryl methyl sites for hydroxylation is 1. The molecule has 1 amide bonds. The summed E-state index contributed by atoms with van der Waals surface area (Å²) in [6.45, 7) is 2.85. The van der Waals surface area contributed by atoms with Gasteiger partial charge in [-0.25, -0.2) is 0 Å². The first kappa shape index (κ1) is 14.1. The number of carbonyl (C=O) groups is 1. The number of fused-ring (bicyclic) bond motifs is 1. The van der Waals surface area contributed by atoms with Gasteiger partial charge in [-0.15, -0.1) is 11.3 Å². The second-order valence-electron chi connectivity index (χ2n) is 6.55. The molecule has 1 aromatic rings. The first-order valence-corrected chi connectivity index (χ1v) is 8.58. The average Bonchev–Trinajstić information content (AvgIpc) is 3.05. The van der Waals surface area contributed by atoms with E-state index >= 15 is 0 Å². The molecule has 1 aromatic heterocycles. The van der Waals surface area contributed by atoms with Crippen LogP contribution in [0.2, 0.25) is 0 Å². The molecule has 0 saturated heterocycles. The monoisotopic (exact) mass is 292 g/mol. The molecule has 1 fully saturated rings. The Labute approximate surface area is 124 Å². The van der Waals surface area contributed by atoms with E-state index in [0.29, 0.717) is 6.54 Å². The lowest BCUT2D eigenvalue weighted by molar-refractivity contribution is 0.0907. The van der Waals surface area contributed by atoms with E-state index in [4.69, 9.17) is 5.73 Å². The summed E-state index contributed by atoms with van der Waals surface area (Å²) in [5.74, 6) is 0.836. The van der Waals surface area contributed by atoms with Gasteiger partial charge in [0.15, 0.2) is 0 Å². The van der Waals surface area contributed by atoms with Crippen LogP contribution in [0.3, 0.4) is 0 Å². The molecule has 0 aliphatic heterocycles. The van der Waals surface area contributed by atoms with Crippen LogP contribution < -0.4 is 11.1 Å². The van der Waals surface area contributed by atoms with Gasteiger partial charge in [-0.1, -0.05) is 19.8 Å². The molecule has 0 bridgehead atoms. The summed E-state index contributed by atoms with van der Waals surface area (Å²) in [6.07, 6.45) is 7.92. The summed E-state index contributed by atoms with van der Waals surface area (Å²) >= 11 is 1.69. The van der Waals surface area contributed by atoms with Crippen molar-refractivity contribution in [1.29, 1.82) is 0 Å². The van der Waals surface area contributed by atoms with E-state index in [2.05, 4.69) is 18.3 Å². The van der Waals surface area contributed by atoms with Crippen molar-refractivity contribution in [2.45, 2.75) is 57.4 Å². The third-order valence-corrected chi connectivity index (χ3v) is 6.12. The maximum Gasteiger partial charge on any atom is 0.261 e. The predicted molar refractivity (Wildman–Crippen MR) is 83.2 cm³/mol. The van der Waals surface area contributed by atoms with Crippen molar-refractivity contribution in [1.82, 2.24) is 5.32 Å². The van der Waals surface area contributed by atoms with Crippen LogP contribution in [0.25, 0.3) is 0 Å². The Balaban J connectivity index is 1.74. The molecule has 1 atom stereocenters. The number of rotatable bonds is 3. The fourth-order valence-corrected chi connectivity index (χ4v) is 4.66. The summed E-state index contributed by atoms with van der Waals surface area (Å²) in [5.41, 5.74) is 7.15. The molecule has 4 heteroatoms. The number of nitrogens with one attached hydrogen (secondary N) is 1. The quantitative estimate of drug-likeness (QED) is 0.900. The van der Waals surface area contributed by atoms with Crippen LogP contribution in [0.5, 0.6) is 0 Å². The van der Waals surface area contributed by atoms with E-state index in [1.807, 2.05) is 0 Å². The molecule has 3 N–H and O–H groups in total. The molecule has 1 saturated carbocycles. The average molecular weight is 292 g/mol. The Kier molecular flexibility index (Phi) is 3.87. The minimum absolute atomic E-state index is 0.0874. The number of carbonyl (C=O) groups excluding carboxylic acids is 1. The van der Waals surface area contributed by atoms with Crippen molar-refractivity contribution < 1.29 is 4.79 Å². The summed E-state index contributed by atoms with van der Waals surface area (Å²) in [7, 11) is 0. The molecule has 1 unspecified atom stereocenters. The molecule has 1 heterocycles. The molecular weight excluding hydrogens is 268 g/mol. The van der Waals surface area contributed by atoms with Gasteiger partial charge in [0.05, 0.1) is 10.4 Å². The molecule has 110 valence electrons. The van der Waals surface area contributed by atoms with E-state index in [-0.39, 0.29) is 11.4 Å². The van der Waals surface area contributed by atoms with Gasteiger partial charge in [-0.3, -0.25) is 4.79 Å². The third kappa shape index (κ3) is 2.63. The first-order chi connectivity index (χ1) is 9.62. The van der Waals surface area contributed by atoms with Crippen LogP contribution in [0.4, 0.5) is 0 Å². The van der Waals surface area contributed by atoms with Gasteiger partial charge in [0.2, 0.25) is 0 Å². The van der Waals surface area contributed by atoms with E-state index in [0.717, 1.165) is 36.5 Å². The largest absolute Gasteiger partial charge is 0.345 e. The van der Waals surface area contributed by atoms with Gasteiger partial charge in [-0.2, -0.15) is 0 Å². The van der Waals surface area contributed by atoms with Crippen molar-refractivity contribution in [3.63, 3.8) is 0 Å². The van der Waals surface area contributed by atoms with Gasteiger partial charge in [0, 0.05) is 11.4 Å². The molecule has 2 aliphatic rings. The van der Waals surface area contributed by atoms with Gasteiger partial charge in [-0.05, 0) is 49.7 Å². The van der Waals surface area contributed by atoms with E-state index < -0.39 is 0 Å². The molecule has 0 spiro atoms. The molecule has 2 aliphatic carbocycles. The van der Waals surface area contributed by atoms with Crippen LogP contribution in [0.15, 0.2) is 6.07 Å². The lowest BCUT2D eigenvalue weighted by Crippen LogP contribution is -2.51. The second-order valence-corrected chi connectivity index (χ2v) is 7.69. The minimum atomic E-state index is -0.144. The zero-order valence-corrected chi connectivity index (χ0v) is 13.0. The highest BCUT2D eigenvalue weighted by Crippen LogP contribution is 2.33. The van der Waals surface area contributed by atoms with Gasteiger partial charge in [0.25, 0.3) is 5.91 Å². The van der Waals surface area contributed by atoms with Crippen molar-refractivity contribution in [3.05, 3.63) is 21.4 Å². The zero-order chi connectivity index (χ0) is 14.2. The number of amides is 1. The Hall–Kier alpha value is -0.870. The van der Waals surface area contributed by atoms with Crippen molar-refractivity contribution in [2.75, 3.05) is 6.54 Å². The van der Waals surface area contributed by atoms with Crippen LogP contribution in [-0.2, 0) is 12.8 Å². The Morgan fingerprint density at radius 1 is 1.50 bits per heavy atom. The second kappa shape index (κ2) is 5.49. The lowest BCUT2D eigenvalue weighted by Gasteiger charge is -2.28. The fourth-order valence-electron chi connectivity index (χ4n) is 3.55. The van der Waals surface area contributed by atoms with Crippen LogP contribution in [-0.4, -0.2) is 18.0 Å². The molecule has 20 heavy (non-hydrogen) atoms. The van der Waals surface area contributed by atoms with E-state index in [1.54, 1.807) is 11.3 Å². The maximum atomic E-state index is 12.5. The first-order valence-electron chi connectivity index (χ1n) is 7.76. The Bertz CT molecular complexity index is 503. The minimum Gasteiger partial charge on any atom is -0.345 e. The van der Waals surface area contributed by atoms with Crippen molar-refractivity contribution in [3.8, 4) is 0 Å². The molecule has 3 rings (SSSR count). The highest BCUT2D eigenvalue weighted by atomic mass is 32.1. The topological polar surface area (TPSA) is 55.1 Å². The Morgan fingerprint density at radius 3 is 2.95 bits per heavy atom. The van der Waals surface area contributed by atoms with Gasteiger partial charge in [0.1, 0.15) is 0 Å². The van der Waals surface area contributed by atoms with Crippen molar-refractivity contribution in [2.24, 2.45) is 11.7 Å². The summed E-state index contributed by atoms with van der Waals surface area (Å²) in [4.78, 5) is 14.8. The molecule has 0 radical (unpaired) electrons. The van der Waals surface area contributed by atoms with Crippen molar-refractivity contribution >= 4 is 17.2 Å². The summed E-state index contributed by atoms with van der Waals surface area (Å²) in [5, 5.41) is 3.23. The third-order valence-electron chi connectivity index (χ3n) is 4.88.